The smallest absolute Gasteiger partial charge is 0.328 e. The topological polar surface area (TPSA) is 147 Å². The van der Waals surface area contributed by atoms with Crippen LogP contribution < -0.4 is 0 Å². The van der Waals surface area contributed by atoms with Crippen LogP contribution in [0, 0.1) is 5.92 Å². The first-order valence-corrected chi connectivity index (χ1v) is 12.3. The molecular weight excluding hydrogens is 436 g/mol. The highest BCUT2D eigenvalue weighted by Gasteiger charge is 2.72. The normalized spacial score (nSPS) is 31.5. The fourth-order valence-electron chi connectivity index (χ4n) is 4.30. The number of hydrogen-bond acceptors (Lipinski definition) is 8. The second-order valence-electron chi connectivity index (χ2n) is 8.09. The van der Waals surface area contributed by atoms with E-state index in [1.54, 1.807) is 18.2 Å². The van der Waals surface area contributed by atoms with Gasteiger partial charge in [0.2, 0.25) is 21.2 Å². The van der Waals surface area contributed by atoms with E-state index in [-0.39, 0.29) is 23.4 Å². The van der Waals surface area contributed by atoms with Crippen molar-refractivity contribution < 1.29 is 36.4 Å². The predicted molar refractivity (Wildman–Crippen MR) is 104 cm³/mol. The van der Waals surface area contributed by atoms with Crippen molar-refractivity contribution in [2.75, 3.05) is 0 Å². The van der Waals surface area contributed by atoms with Crippen LogP contribution in [-0.4, -0.2) is 66.0 Å². The van der Waals surface area contributed by atoms with E-state index in [2.05, 4.69) is 5.16 Å². The van der Waals surface area contributed by atoms with Crippen molar-refractivity contribution in [1.82, 2.24) is 4.90 Å². The summed E-state index contributed by atoms with van der Waals surface area (Å²) in [6.07, 6.45) is -0.206. The molecule has 0 aliphatic carbocycles. The Morgan fingerprint density at radius 3 is 2.53 bits per heavy atom. The molecule has 30 heavy (non-hydrogen) atoms. The SMILES string of the molecule is CC1(C)[C@H](C(=O)O)N2C(=O)[C@@H](CC3=NO[C@@H](S(=O)(=O)c4ccccc4)C3)[C@H]2S1(=O)=O. The number of benzene rings is 1. The highest BCUT2D eigenvalue weighted by atomic mass is 32.2. The molecule has 4 atom stereocenters. The van der Waals surface area contributed by atoms with E-state index in [0.717, 1.165) is 4.90 Å². The molecule has 0 aromatic heterocycles. The quantitative estimate of drug-likeness (QED) is 0.626. The van der Waals surface area contributed by atoms with Gasteiger partial charge in [-0.3, -0.25) is 4.79 Å². The summed E-state index contributed by atoms with van der Waals surface area (Å²) in [4.78, 5) is 30.3. The maximum atomic E-state index is 12.9. The third kappa shape index (κ3) is 2.69. The fraction of sp³-hybridized carbons (Fsp3) is 0.500. The van der Waals surface area contributed by atoms with E-state index in [1.165, 1.54) is 26.0 Å². The molecule has 10 nitrogen and oxygen atoms in total. The van der Waals surface area contributed by atoms with E-state index in [1.807, 2.05) is 0 Å². The number of β-lactam (4-membered cyclic amide) rings is 1. The van der Waals surface area contributed by atoms with Crippen LogP contribution in [0.5, 0.6) is 0 Å². The molecule has 2 fully saturated rings. The molecule has 162 valence electrons. The number of carbonyl (C=O) groups excluding carboxylic acids is 1. The standard InChI is InChI=1S/C18H20N2O8S2/c1-18(2)14(17(22)23)20-15(21)12(16(20)30(18,26)27)8-10-9-13(28-19-10)29(24,25)11-6-4-3-5-7-11/h3-7,12-14,16H,8-9H2,1-2H3,(H,22,23)/t12-,13+,14+,16-/m1/s1. The lowest BCUT2D eigenvalue weighted by atomic mass is 9.88. The summed E-state index contributed by atoms with van der Waals surface area (Å²) in [5, 5.41) is 12.0. The van der Waals surface area contributed by atoms with Crippen LogP contribution in [0.2, 0.25) is 0 Å². The highest BCUT2D eigenvalue weighted by molar-refractivity contribution is 7.94. The number of rotatable bonds is 5. The van der Waals surface area contributed by atoms with E-state index in [4.69, 9.17) is 4.84 Å². The first kappa shape index (κ1) is 20.8. The number of hydrogen-bond donors (Lipinski definition) is 1. The van der Waals surface area contributed by atoms with Gasteiger partial charge in [-0.1, -0.05) is 23.4 Å². The molecule has 0 spiro atoms. The van der Waals surface area contributed by atoms with Gasteiger partial charge in [0.25, 0.3) is 0 Å². The Balaban J connectivity index is 1.52. The Morgan fingerprint density at radius 1 is 1.30 bits per heavy atom. The van der Waals surface area contributed by atoms with E-state index >= 15 is 0 Å². The Labute approximate surface area is 173 Å². The first-order chi connectivity index (χ1) is 13.9. The van der Waals surface area contributed by atoms with Gasteiger partial charge in [0, 0.05) is 12.8 Å². The average molecular weight is 456 g/mol. The van der Waals surface area contributed by atoms with Gasteiger partial charge >= 0.3 is 5.97 Å². The number of aliphatic carboxylic acids is 1. The number of nitrogens with zero attached hydrogens (tertiary/aromatic N) is 2. The van der Waals surface area contributed by atoms with Gasteiger partial charge in [0.05, 0.1) is 21.3 Å². The zero-order chi connectivity index (χ0) is 22.1. The second-order valence-corrected chi connectivity index (χ2v) is 12.8. The van der Waals surface area contributed by atoms with Gasteiger partial charge in [-0.2, -0.15) is 0 Å². The van der Waals surface area contributed by atoms with E-state index < -0.39 is 59.1 Å². The van der Waals surface area contributed by atoms with Crippen LogP contribution in [0.15, 0.2) is 40.4 Å². The zero-order valence-electron chi connectivity index (χ0n) is 16.1. The number of sulfone groups is 2. The molecule has 3 aliphatic rings. The average Bonchev–Trinajstić information content (AvgIpc) is 3.20. The van der Waals surface area contributed by atoms with Gasteiger partial charge in [0.15, 0.2) is 9.84 Å². The minimum atomic E-state index is -3.96. The van der Waals surface area contributed by atoms with Crippen LogP contribution in [0.4, 0.5) is 0 Å². The number of carbonyl (C=O) groups is 2. The van der Waals surface area contributed by atoms with Crippen LogP contribution >= 0.6 is 0 Å². The van der Waals surface area contributed by atoms with Crippen LogP contribution in [0.1, 0.15) is 26.7 Å². The zero-order valence-corrected chi connectivity index (χ0v) is 17.8. The van der Waals surface area contributed by atoms with Gasteiger partial charge in [-0.25, -0.2) is 21.6 Å². The summed E-state index contributed by atoms with van der Waals surface area (Å²) >= 11 is 0. The molecule has 1 N–H and O–H groups in total. The Bertz CT molecular complexity index is 1160. The van der Waals surface area contributed by atoms with Crippen LogP contribution in [0.25, 0.3) is 0 Å². The number of oxime groups is 1. The molecule has 0 radical (unpaired) electrons. The van der Waals surface area contributed by atoms with Crippen molar-refractivity contribution in [3.05, 3.63) is 30.3 Å². The van der Waals surface area contributed by atoms with Crippen molar-refractivity contribution in [1.29, 1.82) is 0 Å². The Morgan fingerprint density at radius 2 is 1.93 bits per heavy atom. The summed E-state index contributed by atoms with van der Waals surface area (Å²) in [6, 6.07) is 6.24. The molecule has 0 unspecified atom stereocenters. The molecule has 2 saturated heterocycles. The Kier molecular flexibility index (Phi) is 4.51. The fourth-order valence-corrected chi connectivity index (χ4v) is 8.03. The molecule has 3 aliphatic heterocycles. The third-order valence-corrected chi connectivity index (χ3v) is 10.7. The van der Waals surface area contributed by atoms with Crippen molar-refractivity contribution in [2.45, 2.75) is 53.2 Å². The second kappa shape index (κ2) is 6.51. The maximum absolute atomic E-state index is 12.9. The van der Waals surface area contributed by atoms with Gasteiger partial charge in [0.1, 0.15) is 11.4 Å². The van der Waals surface area contributed by atoms with Crippen molar-refractivity contribution >= 4 is 37.3 Å². The number of amides is 1. The maximum Gasteiger partial charge on any atom is 0.328 e. The largest absolute Gasteiger partial charge is 0.480 e. The predicted octanol–water partition coefficient (Wildman–Crippen LogP) is 0.398. The monoisotopic (exact) mass is 456 g/mol. The molecule has 0 saturated carbocycles. The lowest BCUT2D eigenvalue weighted by Crippen LogP contribution is -2.63. The summed E-state index contributed by atoms with van der Waals surface area (Å²) in [5.41, 5.74) is -1.01. The summed E-state index contributed by atoms with van der Waals surface area (Å²) in [5.74, 6) is -2.99. The summed E-state index contributed by atoms with van der Waals surface area (Å²) in [6.45, 7) is 2.59. The van der Waals surface area contributed by atoms with Crippen LogP contribution in [0.3, 0.4) is 0 Å². The van der Waals surface area contributed by atoms with Crippen molar-refractivity contribution in [2.24, 2.45) is 11.1 Å². The highest BCUT2D eigenvalue weighted by Crippen LogP contribution is 2.50. The van der Waals surface area contributed by atoms with Crippen LogP contribution in [-0.2, 0) is 34.1 Å². The summed E-state index contributed by atoms with van der Waals surface area (Å²) < 4.78 is 49.5. The number of carboxylic acid groups (broad SMARTS) is 1. The lowest BCUT2D eigenvalue weighted by Gasteiger charge is -2.42. The molecule has 3 heterocycles. The minimum Gasteiger partial charge on any atom is -0.480 e. The van der Waals surface area contributed by atoms with Crippen molar-refractivity contribution in [3.63, 3.8) is 0 Å². The molecule has 1 aromatic rings. The van der Waals surface area contributed by atoms with Gasteiger partial charge in [-0.05, 0) is 26.0 Å². The van der Waals surface area contributed by atoms with Gasteiger partial charge in [-0.15, -0.1) is 0 Å². The molecule has 4 rings (SSSR count). The van der Waals surface area contributed by atoms with Gasteiger partial charge < -0.3 is 14.8 Å². The molecular formula is C18H20N2O8S2. The van der Waals surface area contributed by atoms with E-state index in [9.17, 15) is 31.5 Å². The lowest BCUT2D eigenvalue weighted by molar-refractivity contribution is -0.163. The van der Waals surface area contributed by atoms with Crippen molar-refractivity contribution in [3.8, 4) is 0 Å². The minimum absolute atomic E-state index is 0.0711. The molecule has 1 aromatic carbocycles. The molecule has 12 heteroatoms. The molecule has 0 bridgehead atoms. The number of fused-ring (bicyclic) bond motifs is 1. The first-order valence-electron chi connectivity index (χ1n) is 9.19. The number of carboxylic acids is 1. The summed E-state index contributed by atoms with van der Waals surface area (Å²) in [7, 11) is -7.77. The Hall–Kier alpha value is -2.47. The van der Waals surface area contributed by atoms with E-state index in [0.29, 0.717) is 0 Å². The third-order valence-electron chi connectivity index (χ3n) is 5.99. The molecule has 1 amide bonds.